The molecule has 2 aromatic heterocycles. The molecule has 1 aromatic carbocycles. The first-order valence-electron chi connectivity index (χ1n) is 15.6. The average molecular weight is 689 g/mol. The number of thiazole rings is 1. The smallest absolute Gasteiger partial charge is 0.321 e. The van der Waals surface area contributed by atoms with Crippen LogP contribution in [-0.2, 0) is 27.8 Å². The molecule has 0 aliphatic carbocycles. The summed E-state index contributed by atoms with van der Waals surface area (Å²) in [5, 5.41) is 28.8. The highest BCUT2D eigenvalue weighted by molar-refractivity contribution is 7.89. The molecule has 3 N–H and O–H groups in total. The van der Waals surface area contributed by atoms with Gasteiger partial charge in [0.15, 0.2) is 0 Å². The lowest BCUT2D eigenvalue weighted by Gasteiger charge is -2.34. The monoisotopic (exact) mass is 688 g/mol. The van der Waals surface area contributed by atoms with Gasteiger partial charge in [0.1, 0.15) is 18.0 Å². The van der Waals surface area contributed by atoms with E-state index in [0.717, 1.165) is 26.8 Å². The zero-order chi connectivity index (χ0) is 34.3. The number of aliphatic hydroxyl groups is 1. The van der Waals surface area contributed by atoms with E-state index >= 15 is 0 Å². The maximum atomic E-state index is 14.0. The Balaban J connectivity index is 1.57. The first-order chi connectivity index (χ1) is 22.3. The number of aromatic nitrogens is 1. The van der Waals surface area contributed by atoms with Crippen molar-refractivity contribution in [2.45, 2.75) is 70.9 Å². The molecule has 1 aliphatic heterocycles. The van der Waals surface area contributed by atoms with E-state index in [-0.39, 0.29) is 48.2 Å². The highest BCUT2D eigenvalue weighted by atomic mass is 32.2. The lowest BCUT2D eigenvalue weighted by Crippen LogP contribution is -2.57. The molecule has 3 heterocycles. The summed E-state index contributed by atoms with van der Waals surface area (Å²) in [4.78, 5) is 35.2. The summed E-state index contributed by atoms with van der Waals surface area (Å²) in [7, 11) is -4.22. The van der Waals surface area contributed by atoms with E-state index in [2.05, 4.69) is 15.5 Å². The molecular weight excluding hydrogens is 645 g/mol. The Bertz CT molecular complexity index is 1620. The normalized spacial score (nSPS) is 16.1. The van der Waals surface area contributed by atoms with Crippen molar-refractivity contribution in [3.8, 4) is 0 Å². The van der Waals surface area contributed by atoms with Crippen molar-refractivity contribution in [1.82, 2.24) is 24.4 Å². The van der Waals surface area contributed by atoms with Crippen LogP contribution in [0.4, 0.5) is 4.79 Å². The van der Waals surface area contributed by atoms with Crippen molar-refractivity contribution in [2.75, 3.05) is 26.2 Å². The number of carbonyl (C=O) groups is 2. The lowest BCUT2D eigenvalue weighted by molar-refractivity contribution is -0.128. The van der Waals surface area contributed by atoms with Gasteiger partial charge in [-0.15, -0.1) is 11.3 Å². The van der Waals surface area contributed by atoms with Gasteiger partial charge < -0.3 is 29.8 Å². The van der Waals surface area contributed by atoms with Gasteiger partial charge in [0.2, 0.25) is 11.0 Å². The van der Waals surface area contributed by atoms with Crippen LogP contribution in [0, 0.1) is 18.8 Å². The van der Waals surface area contributed by atoms with Crippen LogP contribution in [0.15, 0.2) is 62.5 Å². The quantitative estimate of drug-likeness (QED) is 0.117. The number of rotatable bonds is 16. The largest absolute Gasteiger partial charge is 0.442 e. The summed E-state index contributed by atoms with van der Waals surface area (Å²) in [6, 6.07) is 9.92. The minimum atomic E-state index is -4.22. The van der Waals surface area contributed by atoms with Crippen molar-refractivity contribution in [1.29, 1.82) is 0 Å². The van der Waals surface area contributed by atoms with Crippen LogP contribution in [0.3, 0.4) is 0 Å². The van der Waals surface area contributed by atoms with Crippen molar-refractivity contribution < 1.29 is 32.7 Å². The average Bonchev–Trinajstić information content (AvgIpc) is 3.74. The first-order valence-corrected chi connectivity index (χ1v) is 17.9. The number of benzene rings is 1. The number of sulfonamides is 1. The van der Waals surface area contributed by atoms with Crippen LogP contribution in [0.2, 0.25) is 0 Å². The number of carbonyl (C=O) groups excluding carboxylic acids is 2. The van der Waals surface area contributed by atoms with Gasteiger partial charge in [-0.2, -0.15) is 4.31 Å². The maximum Gasteiger partial charge on any atom is 0.321 e. The maximum absolute atomic E-state index is 14.0. The molecule has 0 bridgehead atoms. The summed E-state index contributed by atoms with van der Waals surface area (Å²) >= 11 is 1.52. The van der Waals surface area contributed by atoms with E-state index in [1.807, 2.05) is 70.3 Å². The Morgan fingerprint density at radius 2 is 1.87 bits per heavy atom. The Hall–Kier alpha value is -3.79. The predicted octanol–water partition coefficient (Wildman–Crippen LogP) is 3.55. The van der Waals surface area contributed by atoms with Gasteiger partial charge in [0.25, 0.3) is 10.0 Å². The highest BCUT2D eigenvalue weighted by Crippen LogP contribution is 2.23. The van der Waals surface area contributed by atoms with E-state index in [9.17, 15) is 23.1 Å². The first kappa shape index (κ1) is 36.1. The summed E-state index contributed by atoms with van der Waals surface area (Å²) in [6.07, 6.45) is -0.135. The molecule has 13 nitrogen and oxygen atoms in total. The summed E-state index contributed by atoms with van der Waals surface area (Å²) < 4.78 is 33.9. The Kier molecular flexibility index (Phi) is 12.2. The predicted molar refractivity (Wildman–Crippen MR) is 178 cm³/mol. The number of aryl methyl sites for hydroxylation is 1. The van der Waals surface area contributed by atoms with Crippen LogP contribution in [0.1, 0.15) is 49.7 Å². The molecule has 0 unspecified atom stereocenters. The van der Waals surface area contributed by atoms with Crippen LogP contribution < -0.4 is 5.32 Å². The van der Waals surface area contributed by atoms with Crippen molar-refractivity contribution in [2.24, 2.45) is 17.0 Å². The number of nitrogens with one attached hydrogen (secondary N) is 1. The zero-order valence-corrected chi connectivity index (χ0v) is 28.9. The van der Waals surface area contributed by atoms with E-state index in [1.54, 1.807) is 9.80 Å². The summed E-state index contributed by atoms with van der Waals surface area (Å²) in [6.45, 7) is 10.2. The third-order valence-corrected chi connectivity index (χ3v) is 10.3. The highest BCUT2D eigenvalue weighted by Gasteiger charge is 2.41. The van der Waals surface area contributed by atoms with E-state index in [1.165, 1.54) is 23.5 Å². The molecule has 0 radical (unpaired) electrons. The Morgan fingerprint density at radius 1 is 1.15 bits per heavy atom. The molecule has 1 aliphatic rings. The van der Waals surface area contributed by atoms with Crippen LogP contribution in [-0.4, -0.2) is 100 Å². The van der Waals surface area contributed by atoms with Crippen LogP contribution in [0.5, 0.6) is 0 Å². The van der Waals surface area contributed by atoms with E-state index < -0.39 is 34.1 Å². The SMILES string of the molecule is Cc1nc(CN2CCN([C@H](C(=O)N[C@@H](Cc3ccccc3)[C@@H](O)CN(CC(C)C)S(=O)(=O)c3ccc(C=NO)o3)C(C)C)C2=O)cs1. The van der Waals surface area contributed by atoms with E-state index in [0.29, 0.717) is 19.6 Å². The third-order valence-electron chi connectivity index (χ3n) is 7.81. The second-order valence-electron chi connectivity index (χ2n) is 12.4. The number of nitrogens with zero attached hydrogens (tertiary/aromatic N) is 5. The molecule has 0 spiro atoms. The number of amides is 3. The van der Waals surface area contributed by atoms with Gasteiger partial charge in [0.05, 0.1) is 29.4 Å². The van der Waals surface area contributed by atoms with Gasteiger partial charge in [-0.1, -0.05) is 63.2 Å². The molecule has 3 atom stereocenters. The fourth-order valence-corrected chi connectivity index (χ4v) is 7.79. The molecule has 47 heavy (non-hydrogen) atoms. The Labute approximate surface area is 279 Å². The standard InChI is InChI=1S/C32H44N6O7S2/c1-21(2)17-37(47(43,44)29-12-11-26(45-29)16-33-42)19-28(39)27(15-24-9-7-6-8-10-24)35-31(40)30(22(3)4)38-14-13-36(32(38)41)18-25-20-46-23(5)34-25/h6-12,16,20-22,27-28,30,39,42H,13-15,17-19H2,1-5H3,(H,35,40)/t27-,28-,30-/m0/s1. The molecule has 15 heteroatoms. The minimum Gasteiger partial charge on any atom is -0.442 e. The second kappa shape index (κ2) is 15.9. The van der Waals surface area contributed by atoms with Gasteiger partial charge in [0, 0.05) is 31.6 Å². The molecule has 1 saturated heterocycles. The van der Waals surface area contributed by atoms with E-state index in [4.69, 9.17) is 9.62 Å². The summed E-state index contributed by atoms with van der Waals surface area (Å²) in [5.41, 5.74) is 1.63. The fourth-order valence-electron chi connectivity index (χ4n) is 5.65. The lowest BCUT2D eigenvalue weighted by atomic mass is 9.97. The fraction of sp³-hybridized carbons (Fsp3) is 0.500. The second-order valence-corrected chi connectivity index (χ2v) is 15.4. The zero-order valence-electron chi connectivity index (χ0n) is 27.3. The van der Waals surface area contributed by atoms with Gasteiger partial charge in [-0.05, 0) is 42.9 Å². The number of furan rings is 1. The molecule has 256 valence electrons. The Morgan fingerprint density at radius 3 is 2.49 bits per heavy atom. The number of urea groups is 1. The molecule has 3 aromatic rings. The number of hydrogen-bond acceptors (Lipinski definition) is 10. The third kappa shape index (κ3) is 9.18. The van der Waals surface area contributed by atoms with Gasteiger partial charge in [-0.3, -0.25) is 4.79 Å². The summed E-state index contributed by atoms with van der Waals surface area (Å²) in [5.74, 6) is -0.739. The topological polar surface area (TPSA) is 169 Å². The number of hydrogen-bond donors (Lipinski definition) is 3. The van der Waals surface area contributed by atoms with Crippen LogP contribution >= 0.6 is 11.3 Å². The van der Waals surface area contributed by atoms with Gasteiger partial charge in [-0.25, -0.2) is 18.2 Å². The van der Waals surface area contributed by atoms with Gasteiger partial charge >= 0.3 is 6.03 Å². The van der Waals surface area contributed by atoms with Crippen molar-refractivity contribution in [3.63, 3.8) is 0 Å². The number of oxime groups is 1. The molecule has 1 fully saturated rings. The number of aliphatic hydroxyl groups excluding tert-OH is 1. The van der Waals surface area contributed by atoms with Crippen molar-refractivity contribution in [3.05, 3.63) is 69.9 Å². The minimum absolute atomic E-state index is 0.0433. The van der Waals surface area contributed by atoms with Crippen molar-refractivity contribution >= 4 is 39.5 Å². The molecule has 3 amide bonds. The van der Waals surface area contributed by atoms with Crippen LogP contribution in [0.25, 0.3) is 0 Å². The molecular formula is C32H44N6O7S2. The molecule has 4 rings (SSSR count). The molecule has 0 saturated carbocycles.